The highest BCUT2D eigenvalue weighted by Crippen LogP contribution is 2.26. The molecule has 0 unspecified atom stereocenters. The van der Waals surface area contributed by atoms with Crippen molar-refractivity contribution in [1.29, 1.82) is 0 Å². The Labute approximate surface area is 103 Å². The Morgan fingerprint density at radius 2 is 2.06 bits per heavy atom. The summed E-state index contributed by atoms with van der Waals surface area (Å²) in [4.78, 5) is 0. The van der Waals surface area contributed by atoms with Crippen LogP contribution in [0.15, 0.2) is 24.3 Å². The van der Waals surface area contributed by atoms with Crippen molar-refractivity contribution in [3.8, 4) is 0 Å². The Morgan fingerprint density at radius 1 is 1.44 bits per heavy atom. The lowest BCUT2D eigenvalue weighted by atomic mass is 9.64. The van der Waals surface area contributed by atoms with Crippen molar-refractivity contribution in [2.45, 2.75) is 26.3 Å². The van der Waals surface area contributed by atoms with Crippen LogP contribution < -0.4 is 11.2 Å². The van der Waals surface area contributed by atoms with Crippen LogP contribution in [0.3, 0.4) is 0 Å². The summed E-state index contributed by atoms with van der Waals surface area (Å²) in [6, 6.07) is 8.50. The first-order valence-electron chi connectivity index (χ1n) is 5.67. The van der Waals surface area contributed by atoms with E-state index in [0.717, 1.165) is 12.3 Å². The molecule has 1 atom stereocenters. The molecular formula is C12H20BNOS. The number of nitrogens with two attached hydrogens (primary N) is 1. The summed E-state index contributed by atoms with van der Waals surface area (Å²) < 4.78 is 5.78. The Balaban J connectivity index is 0.000000280. The molecule has 0 radical (unpaired) electrons. The molecule has 0 fully saturated rings. The van der Waals surface area contributed by atoms with E-state index in [9.17, 15) is 0 Å². The molecule has 2 nitrogen and oxygen atoms in total. The molecule has 1 aromatic carbocycles. The Hall–Kier alpha value is -0.445. The van der Waals surface area contributed by atoms with Gasteiger partial charge < -0.3 is 10.4 Å². The van der Waals surface area contributed by atoms with E-state index in [1.165, 1.54) is 11.0 Å². The predicted molar refractivity (Wildman–Crippen MR) is 74.4 cm³/mol. The van der Waals surface area contributed by atoms with Crippen molar-refractivity contribution < 1.29 is 4.65 Å². The van der Waals surface area contributed by atoms with Gasteiger partial charge in [-0.2, -0.15) is 11.8 Å². The van der Waals surface area contributed by atoms with Crippen molar-refractivity contribution in [2.24, 2.45) is 5.73 Å². The van der Waals surface area contributed by atoms with Crippen LogP contribution >= 0.6 is 11.8 Å². The first-order valence-corrected chi connectivity index (χ1v) is 7.07. The molecule has 0 spiro atoms. The minimum atomic E-state index is 0.283. The van der Waals surface area contributed by atoms with Gasteiger partial charge in [-0.25, -0.2) is 0 Å². The Morgan fingerprint density at radius 3 is 2.62 bits per heavy atom. The molecule has 88 valence electrons. The molecule has 0 saturated carbocycles. The van der Waals surface area contributed by atoms with Gasteiger partial charge in [0.25, 0.3) is 0 Å². The lowest BCUT2D eigenvalue weighted by Crippen LogP contribution is -2.23. The highest BCUT2D eigenvalue weighted by Gasteiger charge is 2.29. The molecule has 0 aliphatic carbocycles. The summed E-state index contributed by atoms with van der Waals surface area (Å²) >= 11 is 1.63. The summed E-state index contributed by atoms with van der Waals surface area (Å²) in [5.41, 5.74) is 7.74. The second-order valence-corrected chi connectivity index (χ2v) is 4.67. The van der Waals surface area contributed by atoms with Crippen molar-refractivity contribution in [1.82, 2.24) is 0 Å². The lowest BCUT2D eigenvalue weighted by Gasteiger charge is -2.08. The van der Waals surface area contributed by atoms with Gasteiger partial charge in [-0.1, -0.05) is 38.0 Å². The summed E-state index contributed by atoms with van der Waals surface area (Å²) in [7, 11) is 0. The van der Waals surface area contributed by atoms with E-state index in [2.05, 4.69) is 38.0 Å². The number of rotatable bonds is 2. The zero-order valence-corrected chi connectivity index (χ0v) is 11.1. The maximum atomic E-state index is 5.78. The normalized spacial score (nSPS) is 17.8. The van der Waals surface area contributed by atoms with Gasteiger partial charge in [0.15, 0.2) is 0 Å². The van der Waals surface area contributed by atoms with Gasteiger partial charge in [0.1, 0.15) is 0 Å². The van der Waals surface area contributed by atoms with Crippen LogP contribution in [0.2, 0.25) is 6.82 Å². The van der Waals surface area contributed by atoms with Crippen LogP contribution in [0.4, 0.5) is 0 Å². The first kappa shape index (κ1) is 13.6. The molecule has 0 bridgehead atoms. The second-order valence-electron chi connectivity index (χ2n) is 3.76. The van der Waals surface area contributed by atoms with Crippen LogP contribution in [-0.4, -0.2) is 19.0 Å². The van der Waals surface area contributed by atoms with Crippen molar-refractivity contribution in [3.05, 3.63) is 29.8 Å². The van der Waals surface area contributed by atoms with Crippen molar-refractivity contribution >= 4 is 24.1 Å². The van der Waals surface area contributed by atoms with Gasteiger partial charge in [0.2, 0.25) is 0 Å². The van der Waals surface area contributed by atoms with Gasteiger partial charge in [0, 0.05) is 5.88 Å². The minimum absolute atomic E-state index is 0.283. The molecule has 16 heavy (non-hydrogen) atoms. The molecule has 1 aliphatic heterocycles. The van der Waals surface area contributed by atoms with Crippen LogP contribution in [0, 0.1) is 0 Å². The maximum absolute atomic E-state index is 5.78. The Kier molecular flexibility index (Phi) is 5.95. The van der Waals surface area contributed by atoms with Gasteiger partial charge in [-0.05, 0) is 23.7 Å². The van der Waals surface area contributed by atoms with Crippen LogP contribution in [0.5, 0.6) is 0 Å². The van der Waals surface area contributed by atoms with E-state index in [0.29, 0.717) is 6.10 Å². The van der Waals surface area contributed by atoms with E-state index in [-0.39, 0.29) is 6.92 Å². The topological polar surface area (TPSA) is 35.2 Å². The molecule has 1 aromatic rings. The lowest BCUT2D eigenvalue weighted by molar-refractivity contribution is 0.221. The quantitative estimate of drug-likeness (QED) is 0.633. The third kappa shape index (κ3) is 3.27. The van der Waals surface area contributed by atoms with Crippen LogP contribution in [0.1, 0.15) is 25.0 Å². The van der Waals surface area contributed by atoms with Gasteiger partial charge >= 0.3 is 6.92 Å². The van der Waals surface area contributed by atoms with E-state index < -0.39 is 0 Å². The van der Waals surface area contributed by atoms with Crippen molar-refractivity contribution in [3.63, 3.8) is 0 Å². The standard InChI is InChI=1S/C10H13BO.C2H7NS/c1-3-10-8-6-4-5-7-9(8)11(2)12-10;1-4-2-3/h4-7,10H,3H2,1-2H3;2-3H2,1H3/t10-;/m0./s1. The van der Waals surface area contributed by atoms with Gasteiger partial charge in [-0.15, -0.1) is 0 Å². The summed E-state index contributed by atoms with van der Waals surface area (Å²) in [6.07, 6.45) is 3.37. The summed E-state index contributed by atoms with van der Waals surface area (Å²) in [5, 5.41) is 0. The highest BCUT2D eigenvalue weighted by atomic mass is 32.2. The first-order chi connectivity index (χ1) is 7.74. The number of hydrogen-bond donors (Lipinski definition) is 1. The molecule has 0 saturated heterocycles. The number of benzene rings is 1. The van der Waals surface area contributed by atoms with Crippen LogP contribution in [-0.2, 0) is 4.65 Å². The minimum Gasteiger partial charge on any atom is -0.424 e. The zero-order valence-electron chi connectivity index (χ0n) is 10.3. The smallest absolute Gasteiger partial charge is 0.324 e. The fraction of sp³-hybridized carbons (Fsp3) is 0.500. The zero-order chi connectivity index (χ0) is 12.0. The molecule has 4 heteroatoms. The van der Waals surface area contributed by atoms with Crippen LogP contribution in [0.25, 0.3) is 0 Å². The maximum Gasteiger partial charge on any atom is 0.324 e. The number of fused-ring (bicyclic) bond motifs is 1. The SMILES string of the molecule is CC[C@@H]1OB(C)c2ccccc21.CSCN. The van der Waals surface area contributed by atoms with E-state index in [4.69, 9.17) is 10.4 Å². The fourth-order valence-electron chi connectivity index (χ4n) is 1.88. The molecule has 0 aromatic heterocycles. The third-order valence-electron chi connectivity index (χ3n) is 2.69. The Bertz CT molecular complexity index is 320. The number of hydrogen-bond acceptors (Lipinski definition) is 3. The fourth-order valence-corrected chi connectivity index (χ4v) is 1.88. The average Bonchev–Trinajstić information content (AvgIpc) is 2.67. The van der Waals surface area contributed by atoms with E-state index in [1.807, 2.05) is 6.26 Å². The molecule has 1 aliphatic rings. The predicted octanol–water partition coefficient (Wildman–Crippen LogP) is 2.26. The van der Waals surface area contributed by atoms with Crippen molar-refractivity contribution in [2.75, 3.05) is 12.1 Å². The molecular weight excluding hydrogens is 217 g/mol. The van der Waals surface area contributed by atoms with E-state index >= 15 is 0 Å². The number of thioether (sulfide) groups is 1. The third-order valence-corrected chi connectivity index (χ3v) is 3.02. The van der Waals surface area contributed by atoms with Gasteiger partial charge in [0.05, 0.1) is 6.10 Å². The largest absolute Gasteiger partial charge is 0.424 e. The molecule has 2 N–H and O–H groups in total. The average molecular weight is 237 g/mol. The molecule has 2 rings (SSSR count). The second kappa shape index (κ2) is 6.99. The molecule has 0 amide bonds. The van der Waals surface area contributed by atoms with E-state index in [1.54, 1.807) is 11.8 Å². The summed E-state index contributed by atoms with van der Waals surface area (Å²) in [5.74, 6) is 0.736. The molecule has 1 heterocycles. The summed E-state index contributed by atoms with van der Waals surface area (Å²) in [6.45, 7) is 4.57. The van der Waals surface area contributed by atoms with Gasteiger partial charge in [-0.3, -0.25) is 0 Å². The monoisotopic (exact) mass is 237 g/mol. The highest BCUT2D eigenvalue weighted by molar-refractivity contribution is 7.98.